The molecule has 0 radical (unpaired) electrons. The van der Waals surface area contributed by atoms with Crippen molar-refractivity contribution in [3.63, 3.8) is 0 Å². The summed E-state index contributed by atoms with van der Waals surface area (Å²) < 4.78 is 6.23. The maximum atomic E-state index is 10.5. The van der Waals surface area contributed by atoms with Crippen LogP contribution in [-0.2, 0) is 9.53 Å². The molecule has 0 heterocycles. The van der Waals surface area contributed by atoms with Crippen molar-refractivity contribution in [3.05, 3.63) is 0 Å². The average molecular weight is 286 g/mol. The van der Waals surface area contributed by atoms with Crippen molar-refractivity contribution in [1.29, 1.82) is 0 Å². The lowest BCUT2D eigenvalue weighted by atomic mass is 9.63. The molecule has 112 valence electrons. The predicted molar refractivity (Wildman–Crippen MR) is 84.5 cm³/mol. The maximum Gasteiger partial charge on any atom is 0.124 e. The molecule has 2 nitrogen and oxygen atoms in total. The molecule has 0 amide bonds. The van der Waals surface area contributed by atoms with Gasteiger partial charge in [-0.15, -0.1) is 8.58 Å². The first-order valence-electron chi connectivity index (χ1n) is 7.26. The van der Waals surface area contributed by atoms with Crippen molar-refractivity contribution in [2.45, 2.75) is 72.1 Å². The third kappa shape index (κ3) is 4.26. The van der Waals surface area contributed by atoms with E-state index in [0.717, 1.165) is 27.6 Å². The lowest BCUT2D eigenvalue weighted by molar-refractivity contribution is -0.135. The van der Waals surface area contributed by atoms with E-state index in [0.29, 0.717) is 10.6 Å². The Labute approximate surface area is 120 Å². The third-order valence-electron chi connectivity index (χ3n) is 4.83. The van der Waals surface area contributed by atoms with E-state index in [1.54, 1.807) is 0 Å². The highest BCUT2D eigenvalue weighted by Gasteiger charge is 2.49. The number of ether oxygens (including phenoxy) is 1. The zero-order chi connectivity index (χ0) is 14.9. The highest BCUT2D eigenvalue weighted by atomic mass is 31.1. The minimum Gasteiger partial charge on any atom is -0.374 e. The van der Waals surface area contributed by atoms with Crippen LogP contribution in [0.2, 0.25) is 0 Å². The van der Waals surface area contributed by atoms with E-state index in [9.17, 15) is 4.79 Å². The summed E-state index contributed by atoms with van der Waals surface area (Å²) in [6.07, 6.45) is 4.15. The second-order valence-corrected chi connectivity index (χ2v) is 10.3. The van der Waals surface area contributed by atoms with E-state index in [4.69, 9.17) is 4.74 Å². The van der Waals surface area contributed by atoms with Crippen LogP contribution in [0.15, 0.2) is 0 Å². The SMILES string of the molecule is CC(C)(C)C(C)(C)OC[C@]1(C)C[C@](C)(PCC=O)C1. The molecule has 0 aliphatic heterocycles. The van der Waals surface area contributed by atoms with Gasteiger partial charge in [0.2, 0.25) is 0 Å². The minimum absolute atomic E-state index is 0.104. The van der Waals surface area contributed by atoms with Crippen molar-refractivity contribution in [3.8, 4) is 0 Å². The molecule has 1 atom stereocenters. The molecule has 3 heteroatoms. The third-order valence-corrected chi connectivity index (χ3v) is 6.41. The summed E-state index contributed by atoms with van der Waals surface area (Å²) >= 11 is 0. The van der Waals surface area contributed by atoms with Crippen LogP contribution in [0.5, 0.6) is 0 Å². The van der Waals surface area contributed by atoms with Crippen LogP contribution >= 0.6 is 8.58 Å². The van der Waals surface area contributed by atoms with Gasteiger partial charge in [-0.2, -0.15) is 0 Å². The van der Waals surface area contributed by atoms with E-state index in [2.05, 4.69) is 48.5 Å². The normalized spacial score (nSPS) is 32.6. The van der Waals surface area contributed by atoms with Crippen LogP contribution in [0.1, 0.15) is 61.3 Å². The molecule has 1 saturated carbocycles. The fraction of sp³-hybridized carbons (Fsp3) is 0.938. The Balaban J connectivity index is 2.46. The fourth-order valence-electron chi connectivity index (χ4n) is 2.92. The van der Waals surface area contributed by atoms with Crippen LogP contribution in [0.4, 0.5) is 0 Å². The van der Waals surface area contributed by atoms with E-state index < -0.39 is 0 Å². The molecular formula is C16H31O2P. The van der Waals surface area contributed by atoms with Gasteiger partial charge in [-0.3, -0.25) is 0 Å². The predicted octanol–water partition coefficient (Wildman–Crippen LogP) is 4.26. The minimum atomic E-state index is -0.104. The van der Waals surface area contributed by atoms with Gasteiger partial charge in [-0.25, -0.2) is 0 Å². The smallest absolute Gasteiger partial charge is 0.124 e. The van der Waals surface area contributed by atoms with Gasteiger partial charge in [-0.1, -0.05) is 34.6 Å². The lowest BCUT2D eigenvalue weighted by Crippen LogP contribution is -2.50. The molecule has 0 saturated heterocycles. The van der Waals surface area contributed by atoms with Gasteiger partial charge in [0.1, 0.15) is 6.29 Å². The Hall–Kier alpha value is 0.0600. The van der Waals surface area contributed by atoms with E-state index in [1.807, 2.05) is 0 Å². The zero-order valence-corrected chi connectivity index (χ0v) is 14.7. The molecule has 1 aliphatic carbocycles. The molecule has 1 aliphatic rings. The number of rotatable bonds is 6. The topological polar surface area (TPSA) is 26.3 Å². The van der Waals surface area contributed by atoms with Crippen LogP contribution in [0, 0.1) is 10.8 Å². The molecule has 0 N–H and O–H groups in total. The first-order chi connectivity index (χ1) is 8.43. The number of aldehydes is 1. The summed E-state index contributed by atoms with van der Waals surface area (Å²) in [5, 5.41) is 0.380. The van der Waals surface area contributed by atoms with E-state index in [1.165, 1.54) is 12.8 Å². The summed E-state index contributed by atoms with van der Waals surface area (Å²) in [5.41, 5.74) is 0.343. The van der Waals surface area contributed by atoms with Gasteiger partial charge in [0, 0.05) is 6.16 Å². The number of hydrogen-bond acceptors (Lipinski definition) is 2. The van der Waals surface area contributed by atoms with Gasteiger partial charge in [0.05, 0.1) is 12.2 Å². The van der Waals surface area contributed by atoms with Crippen LogP contribution in [-0.4, -0.2) is 29.8 Å². The van der Waals surface area contributed by atoms with Crippen LogP contribution < -0.4 is 0 Å². The highest BCUT2D eigenvalue weighted by molar-refractivity contribution is 7.41. The van der Waals surface area contributed by atoms with Crippen LogP contribution in [0.3, 0.4) is 0 Å². The summed E-state index contributed by atoms with van der Waals surface area (Å²) in [6, 6.07) is 0. The molecular weight excluding hydrogens is 255 g/mol. The Morgan fingerprint density at radius 1 is 1.16 bits per heavy atom. The molecule has 1 fully saturated rings. The van der Waals surface area contributed by atoms with Gasteiger partial charge in [0.25, 0.3) is 0 Å². The Morgan fingerprint density at radius 2 is 1.68 bits per heavy atom. The van der Waals surface area contributed by atoms with Gasteiger partial charge >= 0.3 is 0 Å². The molecule has 0 aromatic rings. The molecule has 0 bridgehead atoms. The summed E-state index contributed by atoms with van der Waals surface area (Å²) in [5.74, 6) is 0. The van der Waals surface area contributed by atoms with Gasteiger partial charge in [0.15, 0.2) is 0 Å². The second-order valence-electron chi connectivity index (χ2n) is 8.32. The Bertz CT molecular complexity index is 322. The zero-order valence-electron chi connectivity index (χ0n) is 13.7. The largest absolute Gasteiger partial charge is 0.374 e. The highest BCUT2D eigenvalue weighted by Crippen LogP contribution is 2.58. The maximum absolute atomic E-state index is 10.5. The molecule has 19 heavy (non-hydrogen) atoms. The lowest BCUT2D eigenvalue weighted by Gasteiger charge is -2.54. The van der Waals surface area contributed by atoms with E-state index in [-0.39, 0.29) is 11.0 Å². The van der Waals surface area contributed by atoms with Gasteiger partial charge in [-0.05, 0) is 42.7 Å². The van der Waals surface area contributed by atoms with Crippen molar-refractivity contribution >= 4 is 14.9 Å². The Morgan fingerprint density at radius 3 is 2.11 bits per heavy atom. The quantitative estimate of drug-likeness (QED) is 0.538. The number of carbonyl (C=O) groups is 1. The first kappa shape index (κ1) is 17.1. The number of carbonyl (C=O) groups excluding carboxylic acids is 1. The summed E-state index contributed by atoms with van der Waals surface area (Å²) in [6.45, 7) is 16.5. The first-order valence-corrected chi connectivity index (χ1v) is 8.47. The van der Waals surface area contributed by atoms with Crippen molar-refractivity contribution in [2.75, 3.05) is 12.8 Å². The average Bonchev–Trinajstić information content (AvgIpc) is 2.20. The molecule has 1 unspecified atom stereocenters. The molecule has 1 rings (SSSR count). The Kier molecular flexibility index (Phi) is 4.91. The van der Waals surface area contributed by atoms with E-state index >= 15 is 0 Å². The second kappa shape index (κ2) is 5.45. The number of hydrogen-bond donors (Lipinski definition) is 0. The fourth-order valence-corrected chi connectivity index (χ4v) is 4.60. The summed E-state index contributed by atoms with van der Waals surface area (Å²) in [4.78, 5) is 10.5. The molecule has 0 spiro atoms. The summed E-state index contributed by atoms with van der Waals surface area (Å²) in [7, 11) is 0.769. The van der Waals surface area contributed by atoms with Crippen molar-refractivity contribution in [2.24, 2.45) is 10.8 Å². The molecule has 0 aromatic heterocycles. The standard InChI is InChI=1S/C16H31O2P/c1-13(2,3)14(4,5)18-12-15(6)10-16(7,11-15)19-9-8-17/h8,19H,9-12H2,1-7H3/t15-,16+. The van der Waals surface area contributed by atoms with Gasteiger partial charge < -0.3 is 9.53 Å². The monoisotopic (exact) mass is 286 g/mol. The van der Waals surface area contributed by atoms with Crippen molar-refractivity contribution < 1.29 is 9.53 Å². The van der Waals surface area contributed by atoms with Crippen LogP contribution in [0.25, 0.3) is 0 Å². The molecule has 0 aromatic carbocycles. The van der Waals surface area contributed by atoms with Crippen molar-refractivity contribution in [1.82, 2.24) is 0 Å².